The average molecular weight is 390 g/mol. The maximum Gasteiger partial charge on any atom is 0.223 e. The summed E-state index contributed by atoms with van der Waals surface area (Å²) in [5, 5.41) is 0. The number of nitrogens with zero attached hydrogens (tertiary/aromatic N) is 2. The van der Waals surface area contributed by atoms with Crippen LogP contribution < -0.4 is 9.47 Å². The Kier molecular flexibility index (Phi) is 8.29. The topological polar surface area (TPSA) is 76.2 Å². The Balaban J connectivity index is 1.84. The number of hydrogen-bond acceptors (Lipinski definition) is 5. The number of methoxy groups -OCH3 is 2. The smallest absolute Gasteiger partial charge is 0.223 e. The van der Waals surface area contributed by atoms with E-state index in [4.69, 9.17) is 9.47 Å². The minimum atomic E-state index is -0.00479. The molecule has 1 aliphatic rings. The van der Waals surface area contributed by atoms with E-state index in [1.807, 2.05) is 23.1 Å². The number of benzene rings is 1. The Morgan fingerprint density at radius 2 is 1.46 bits per heavy atom. The third-order valence-electron chi connectivity index (χ3n) is 4.97. The molecule has 1 heterocycles. The number of hydrogen-bond donors (Lipinski definition) is 0. The number of carbonyl (C=O) groups excluding carboxylic acids is 3. The van der Waals surface area contributed by atoms with Crippen LogP contribution in [0.5, 0.6) is 11.5 Å². The van der Waals surface area contributed by atoms with E-state index < -0.39 is 0 Å². The van der Waals surface area contributed by atoms with Crippen molar-refractivity contribution in [3.63, 3.8) is 0 Å². The van der Waals surface area contributed by atoms with Gasteiger partial charge in [0.25, 0.3) is 0 Å². The summed E-state index contributed by atoms with van der Waals surface area (Å²) in [6, 6.07) is 5.67. The monoisotopic (exact) mass is 390 g/mol. The Morgan fingerprint density at radius 3 is 2.04 bits per heavy atom. The maximum atomic E-state index is 12.6. The number of carbonyl (C=O) groups is 3. The standard InChI is InChI=1S/C21H30N2O5/c1-16(24)5-9-20(25)22-11-4-12-23(14-13-22)21(26)10-7-17-6-8-18(27-2)19(15-17)28-3/h6,8,15H,4-5,7,9-14H2,1-3H3. The van der Waals surface area contributed by atoms with Gasteiger partial charge in [0, 0.05) is 45.4 Å². The molecule has 0 N–H and O–H groups in total. The second-order valence-corrected chi connectivity index (χ2v) is 7.01. The summed E-state index contributed by atoms with van der Waals surface area (Å²) in [5.74, 6) is 1.43. The van der Waals surface area contributed by atoms with Gasteiger partial charge in [-0.05, 0) is 37.5 Å². The van der Waals surface area contributed by atoms with Crippen molar-refractivity contribution in [2.75, 3.05) is 40.4 Å². The van der Waals surface area contributed by atoms with Gasteiger partial charge in [0.15, 0.2) is 11.5 Å². The first kappa shape index (κ1) is 21.7. The van der Waals surface area contributed by atoms with E-state index in [0.717, 1.165) is 12.0 Å². The van der Waals surface area contributed by atoms with Crippen molar-refractivity contribution in [3.05, 3.63) is 23.8 Å². The number of aryl methyl sites for hydroxylation is 1. The first-order valence-electron chi connectivity index (χ1n) is 9.70. The van der Waals surface area contributed by atoms with Crippen molar-refractivity contribution >= 4 is 17.6 Å². The molecule has 1 saturated heterocycles. The molecule has 0 atom stereocenters. The van der Waals surface area contributed by atoms with E-state index >= 15 is 0 Å². The molecule has 1 aromatic rings. The lowest BCUT2D eigenvalue weighted by Crippen LogP contribution is -2.37. The highest BCUT2D eigenvalue weighted by Crippen LogP contribution is 2.28. The summed E-state index contributed by atoms with van der Waals surface area (Å²) < 4.78 is 10.5. The van der Waals surface area contributed by atoms with Gasteiger partial charge in [-0.25, -0.2) is 0 Å². The molecular formula is C21H30N2O5. The number of ether oxygens (including phenoxy) is 2. The molecule has 2 rings (SSSR count). The highest BCUT2D eigenvalue weighted by molar-refractivity contribution is 5.83. The van der Waals surface area contributed by atoms with Crippen molar-refractivity contribution in [3.8, 4) is 11.5 Å². The summed E-state index contributed by atoms with van der Waals surface area (Å²) in [6.45, 7) is 3.85. The van der Waals surface area contributed by atoms with Crippen LogP contribution in [0.3, 0.4) is 0 Å². The van der Waals surface area contributed by atoms with Crippen molar-refractivity contribution in [2.24, 2.45) is 0 Å². The van der Waals surface area contributed by atoms with Gasteiger partial charge in [-0.2, -0.15) is 0 Å². The Bertz CT molecular complexity index is 704. The molecule has 1 fully saturated rings. The number of ketones is 1. The van der Waals surface area contributed by atoms with Gasteiger partial charge in [-0.3, -0.25) is 9.59 Å². The molecule has 7 heteroatoms. The van der Waals surface area contributed by atoms with Gasteiger partial charge in [-0.1, -0.05) is 6.07 Å². The van der Waals surface area contributed by atoms with Crippen LogP contribution in [-0.2, 0) is 20.8 Å². The van der Waals surface area contributed by atoms with Crippen LogP contribution in [0.2, 0.25) is 0 Å². The summed E-state index contributed by atoms with van der Waals surface area (Å²) in [5.41, 5.74) is 1.02. The quantitative estimate of drug-likeness (QED) is 0.679. The maximum absolute atomic E-state index is 12.6. The molecule has 154 valence electrons. The van der Waals surface area contributed by atoms with E-state index in [-0.39, 0.29) is 30.4 Å². The predicted molar refractivity (Wildman–Crippen MR) is 106 cm³/mol. The molecule has 1 aliphatic heterocycles. The van der Waals surface area contributed by atoms with E-state index in [2.05, 4.69) is 0 Å². The van der Waals surface area contributed by atoms with Gasteiger partial charge >= 0.3 is 0 Å². The lowest BCUT2D eigenvalue weighted by Gasteiger charge is -2.22. The van der Waals surface area contributed by atoms with E-state index in [9.17, 15) is 14.4 Å². The SMILES string of the molecule is COc1ccc(CCC(=O)N2CCCN(C(=O)CCC(C)=O)CC2)cc1OC. The fourth-order valence-electron chi connectivity index (χ4n) is 3.30. The van der Waals surface area contributed by atoms with E-state index in [1.165, 1.54) is 6.92 Å². The molecule has 0 aliphatic carbocycles. The third-order valence-corrected chi connectivity index (χ3v) is 4.97. The fraction of sp³-hybridized carbons (Fsp3) is 0.571. The van der Waals surface area contributed by atoms with Gasteiger partial charge in [-0.15, -0.1) is 0 Å². The highest BCUT2D eigenvalue weighted by atomic mass is 16.5. The third kappa shape index (κ3) is 6.25. The molecule has 0 radical (unpaired) electrons. The summed E-state index contributed by atoms with van der Waals surface area (Å²) in [6.07, 6.45) is 2.32. The largest absolute Gasteiger partial charge is 0.493 e. The highest BCUT2D eigenvalue weighted by Gasteiger charge is 2.22. The minimum absolute atomic E-state index is 0.00479. The number of rotatable bonds is 8. The van der Waals surface area contributed by atoms with Crippen LogP contribution in [0.1, 0.15) is 38.2 Å². The average Bonchev–Trinajstić information content (AvgIpc) is 2.96. The zero-order valence-corrected chi connectivity index (χ0v) is 17.0. The van der Waals surface area contributed by atoms with Crippen LogP contribution in [-0.4, -0.2) is 67.8 Å². The van der Waals surface area contributed by atoms with Crippen LogP contribution in [0, 0.1) is 0 Å². The van der Waals surface area contributed by atoms with Gasteiger partial charge in [0.1, 0.15) is 5.78 Å². The molecule has 0 saturated carbocycles. The molecule has 0 bridgehead atoms. The Labute approximate surface area is 166 Å². The molecule has 0 aromatic heterocycles. The Hall–Kier alpha value is -2.57. The molecule has 28 heavy (non-hydrogen) atoms. The molecule has 1 aromatic carbocycles. The number of Topliss-reactive ketones (excluding diaryl/α,β-unsaturated/α-hetero) is 1. The lowest BCUT2D eigenvalue weighted by atomic mass is 10.1. The molecule has 0 spiro atoms. The normalized spacial score (nSPS) is 14.4. The minimum Gasteiger partial charge on any atom is -0.493 e. The summed E-state index contributed by atoms with van der Waals surface area (Å²) >= 11 is 0. The van der Waals surface area contributed by atoms with Crippen LogP contribution in [0.25, 0.3) is 0 Å². The fourth-order valence-corrected chi connectivity index (χ4v) is 3.30. The van der Waals surface area contributed by atoms with Crippen molar-refractivity contribution in [2.45, 2.75) is 39.0 Å². The predicted octanol–water partition coefficient (Wildman–Crippen LogP) is 2.07. The zero-order valence-electron chi connectivity index (χ0n) is 17.0. The van der Waals surface area contributed by atoms with Crippen LogP contribution >= 0.6 is 0 Å². The molecule has 7 nitrogen and oxygen atoms in total. The van der Waals surface area contributed by atoms with Gasteiger partial charge in [0.2, 0.25) is 11.8 Å². The van der Waals surface area contributed by atoms with E-state index in [0.29, 0.717) is 50.5 Å². The molecular weight excluding hydrogens is 360 g/mol. The van der Waals surface area contributed by atoms with Crippen molar-refractivity contribution in [1.82, 2.24) is 9.80 Å². The first-order valence-corrected chi connectivity index (χ1v) is 9.70. The first-order chi connectivity index (χ1) is 13.4. The Morgan fingerprint density at radius 1 is 0.857 bits per heavy atom. The van der Waals surface area contributed by atoms with Crippen molar-refractivity contribution in [1.29, 1.82) is 0 Å². The van der Waals surface area contributed by atoms with Crippen LogP contribution in [0.4, 0.5) is 0 Å². The molecule has 0 unspecified atom stereocenters. The summed E-state index contributed by atoms with van der Waals surface area (Å²) in [7, 11) is 3.18. The summed E-state index contributed by atoms with van der Waals surface area (Å²) in [4.78, 5) is 39.5. The zero-order chi connectivity index (χ0) is 20.5. The van der Waals surface area contributed by atoms with E-state index in [1.54, 1.807) is 19.1 Å². The van der Waals surface area contributed by atoms with Gasteiger partial charge in [0.05, 0.1) is 14.2 Å². The van der Waals surface area contributed by atoms with Crippen molar-refractivity contribution < 1.29 is 23.9 Å². The second kappa shape index (κ2) is 10.7. The lowest BCUT2D eigenvalue weighted by molar-refractivity contribution is -0.134. The second-order valence-electron chi connectivity index (χ2n) is 7.01. The van der Waals surface area contributed by atoms with Crippen LogP contribution in [0.15, 0.2) is 18.2 Å². The van der Waals surface area contributed by atoms with Gasteiger partial charge < -0.3 is 24.1 Å². The molecule has 2 amide bonds. The number of amides is 2.